The van der Waals surface area contributed by atoms with Crippen LogP contribution >= 0.6 is 23.4 Å². The smallest absolute Gasteiger partial charge is 0.422 e. The first-order valence-corrected chi connectivity index (χ1v) is 8.98. The molecule has 0 bridgehead atoms. The van der Waals surface area contributed by atoms with Crippen molar-refractivity contribution in [3.8, 4) is 5.88 Å². The average Bonchev–Trinajstić information content (AvgIpc) is 2.60. The van der Waals surface area contributed by atoms with Crippen LogP contribution in [0, 0.1) is 0 Å². The molecule has 2 aromatic rings. The van der Waals surface area contributed by atoms with Crippen LogP contribution in [0.3, 0.4) is 0 Å². The summed E-state index contributed by atoms with van der Waals surface area (Å²) in [7, 11) is 0. The van der Waals surface area contributed by atoms with E-state index < -0.39 is 12.8 Å². The molecule has 0 fully saturated rings. The largest absolute Gasteiger partial charge is 0.468 e. The van der Waals surface area contributed by atoms with Crippen LogP contribution in [0.1, 0.15) is 12.0 Å². The van der Waals surface area contributed by atoms with Crippen LogP contribution in [-0.2, 0) is 11.3 Å². The van der Waals surface area contributed by atoms with Gasteiger partial charge in [-0.15, -0.1) is 11.8 Å². The quantitative estimate of drug-likeness (QED) is 0.659. The van der Waals surface area contributed by atoms with Crippen molar-refractivity contribution in [2.45, 2.75) is 24.0 Å². The molecule has 0 aliphatic carbocycles. The zero-order chi connectivity index (χ0) is 19.0. The fraction of sp³-hybridized carbons (Fsp3) is 0.294. The van der Waals surface area contributed by atoms with Gasteiger partial charge in [0, 0.05) is 40.9 Å². The van der Waals surface area contributed by atoms with Crippen molar-refractivity contribution in [2.24, 2.45) is 0 Å². The average molecular weight is 405 g/mol. The van der Waals surface area contributed by atoms with Gasteiger partial charge in [0.2, 0.25) is 11.8 Å². The lowest BCUT2D eigenvalue weighted by atomic mass is 10.2. The van der Waals surface area contributed by atoms with E-state index in [4.69, 9.17) is 11.6 Å². The molecule has 1 aromatic heterocycles. The number of hydrogen-bond donors (Lipinski definition) is 1. The first kappa shape index (κ1) is 20.4. The molecule has 1 aromatic carbocycles. The van der Waals surface area contributed by atoms with Gasteiger partial charge in [-0.1, -0.05) is 11.6 Å². The lowest BCUT2D eigenvalue weighted by molar-refractivity contribution is -0.154. The number of benzene rings is 1. The molecule has 0 unspecified atom stereocenters. The van der Waals surface area contributed by atoms with Gasteiger partial charge in [-0.25, -0.2) is 4.98 Å². The Bertz CT molecular complexity index is 727. The number of carbonyl (C=O) groups excluding carboxylic acids is 1. The number of hydrogen-bond acceptors (Lipinski definition) is 4. The van der Waals surface area contributed by atoms with Crippen molar-refractivity contribution in [3.63, 3.8) is 0 Å². The minimum atomic E-state index is -4.42. The third-order valence-electron chi connectivity index (χ3n) is 3.08. The summed E-state index contributed by atoms with van der Waals surface area (Å²) >= 11 is 7.34. The molecule has 0 spiro atoms. The first-order chi connectivity index (χ1) is 12.3. The lowest BCUT2D eigenvalue weighted by Crippen LogP contribution is -2.23. The van der Waals surface area contributed by atoms with E-state index in [1.54, 1.807) is 18.2 Å². The SMILES string of the molecule is O=C(CCSc1ccc(Cl)cc1)NCc1ccnc(OCC(F)(F)F)c1. The van der Waals surface area contributed by atoms with E-state index in [2.05, 4.69) is 15.0 Å². The number of ether oxygens (including phenoxy) is 1. The number of halogens is 4. The zero-order valence-electron chi connectivity index (χ0n) is 13.6. The highest BCUT2D eigenvalue weighted by molar-refractivity contribution is 7.99. The molecule has 0 aliphatic rings. The number of rotatable bonds is 8. The summed E-state index contributed by atoms with van der Waals surface area (Å²) in [6, 6.07) is 10.3. The standard InChI is InChI=1S/C17H16ClF3N2O2S/c18-13-1-3-14(4-2-13)26-8-6-15(24)23-10-12-5-7-22-16(9-12)25-11-17(19,20)21/h1-5,7,9H,6,8,10-11H2,(H,23,24). The van der Waals surface area contributed by atoms with E-state index in [0.29, 0.717) is 22.8 Å². The topological polar surface area (TPSA) is 51.2 Å². The maximum Gasteiger partial charge on any atom is 0.422 e. The number of carbonyl (C=O) groups is 1. The molecule has 1 heterocycles. The number of aromatic nitrogens is 1. The van der Waals surface area contributed by atoms with Crippen molar-refractivity contribution >= 4 is 29.3 Å². The highest BCUT2D eigenvalue weighted by Gasteiger charge is 2.28. The Balaban J connectivity index is 1.72. The number of nitrogens with zero attached hydrogens (tertiary/aromatic N) is 1. The number of alkyl halides is 3. The van der Waals surface area contributed by atoms with E-state index in [1.165, 1.54) is 24.0 Å². The summed E-state index contributed by atoms with van der Waals surface area (Å²) in [5.41, 5.74) is 0.607. The molecular weight excluding hydrogens is 389 g/mol. The molecule has 0 saturated carbocycles. The Morgan fingerprint density at radius 3 is 2.65 bits per heavy atom. The van der Waals surface area contributed by atoms with E-state index in [0.717, 1.165) is 4.90 Å². The van der Waals surface area contributed by atoms with Gasteiger partial charge in [0.25, 0.3) is 0 Å². The first-order valence-electron chi connectivity index (χ1n) is 7.61. The van der Waals surface area contributed by atoms with Gasteiger partial charge in [-0.3, -0.25) is 4.79 Å². The molecule has 1 amide bonds. The molecule has 0 radical (unpaired) electrons. The second-order valence-electron chi connectivity index (χ2n) is 5.24. The van der Waals surface area contributed by atoms with Gasteiger partial charge in [0.05, 0.1) is 0 Å². The fourth-order valence-corrected chi connectivity index (χ4v) is 2.85. The van der Waals surface area contributed by atoms with Gasteiger partial charge >= 0.3 is 6.18 Å². The highest BCUT2D eigenvalue weighted by atomic mass is 35.5. The lowest BCUT2D eigenvalue weighted by Gasteiger charge is -2.10. The number of amides is 1. The molecule has 0 atom stereocenters. The van der Waals surface area contributed by atoms with Crippen LogP contribution in [0.2, 0.25) is 5.02 Å². The van der Waals surface area contributed by atoms with Crippen LogP contribution < -0.4 is 10.1 Å². The number of thioether (sulfide) groups is 1. The Morgan fingerprint density at radius 1 is 1.23 bits per heavy atom. The number of nitrogens with one attached hydrogen (secondary N) is 1. The second-order valence-corrected chi connectivity index (χ2v) is 6.84. The molecular formula is C17H16ClF3N2O2S. The third kappa shape index (κ3) is 7.97. The Hall–Kier alpha value is -1.93. The van der Waals surface area contributed by atoms with E-state index in [-0.39, 0.29) is 18.3 Å². The maximum absolute atomic E-state index is 12.1. The second kappa shape index (κ2) is 9.68. The van der Waals surface area contributed by atoms with E-state index >= 15 is 0 Å². The number of pyridine rings is 1. The van der Waals surface area contributed by atoms with Gasteiger partial charge in [0.1, 0.15) is 0 Å². The minimum Gasteiger partial charge on any atom is -0.468 e. The summed E-state index contributed by atoms with van der Waals surface area (Å²) in [6.07, 6.45) is -2.77. The van der Waals surface area contributed by atoms with Crippen LogP contribution in [0.25, 0.3) is 0 Å². The van der Waals surface area contributed by atoms with Crippen LogP contribution in [0.4, 0.5) is 13.2 Å². The Morgan fingerprint density at radius 2 is 1.96 bits per heavy atom. The van der Waals surface area contributed by atoms with Crippen molar-refractivity contribution in [2.75, 3.05) is 12.4 Å². The van der Waals surface area contributed by atoms with Crippen molar-refractivity contribution in [1.82, 2.24) is 10.3 Å². The molecule has 26 heavy (non-hydrogen) atoms. The zero-order valence-corrected chi connectivity index (χ0v) is 15.1. The fourth-order valence-electron chi connectivity index (χ4n) is 1.88. The van der Waals surface area contributed by atoms with Gasteiger partial charge in [0.15, 0.2) is 6.61 Å². The molecule has 0 saturated heterocycles. The van der Waals surface area contributed by atoms with Gasteiger partial charge in [-0.05, 0) is 35.9 Å². The predicted molar refractivity (Wildman–Crippen MR) is 94.4 cm³/mol. The summed E-state index contributed by atoms with van der Waals surface area (Å²) in [6.45, 7) is -1.22. The van der Waals surface area contributed by atoms with Gasteiger partial charge in [-0.2, -0.15) is 13.2 Å². The predicted octanol–water partition coefficient (Wildman–Crippen LogP) is 4.47. The summed E-state index contributed by atoms with van der Waals surface area (Å²) in [5.74, 6) is 0.317. The molecule has 1 N–H and O–H groups in total. The molecule has 9 heteroatoms. The highest BCUT2D eigenvalue weighted by Crippen LogP contribution is 2.21. The van der Waals surface area contributed by atoms with E-state index in [9.17, 15) is 18.0 Å². The Labute approximate surface area is 158 Å². The Kier molecular flexibility index (Phi) is 7.59. The van der Waals surface area contributed by atoms with Crippen LogP contribution in [-0.4, -0.2) is 29.4 Å². The van der Waals surface area contributed by atoms with Gasteiger partial charge < -0.3 is 10.1 Å². The molecule has 2 rings (SSSR count). The summed E-state index contributed by atoms with van der Waals surface area (Å²) in [4.78, 5) is 16.6. The van der Waals surface area contributed by atoms with Crippen molar-refractivity contribution in [3.05, 3.63) is 53.2 Å². The van der Waals surface area contributed by atoms with Crippen molar-refractivity contribution in [1.29, 1.82) is 0 Å². The third-order valence-corrected chi connectivity index (χ3v) is 4.35. The minimum absolute atomic E-state index is 0.132. The monoisotopic (exact) mass is 404 g/mol. The molecule has 4 nitrogen and oxygen atoms in total. The molecule has 140 valence electrons. The molecule has 0 aliphatic heterocycles. The summed E-state index contributed by atoms with van der Waals surface area (Å²) in [5, 5.41) is 3.37. The van der Waals surface area contributed by atoms with Crippen molar-refractivity contribution < 1.29 is 22.7 Å². The normalized spacial score (nSPS) is 11.2. The van der Waals surface area contributed by atoms with E-state index in [1.807, 2.05) is 12.1 Å². The van der Waals surface area contributed by atoms with Crippen LogP contribution in [0.5, 0.6) is 5.88 Å². The summed E-state index contributed by atoms with van der Waals surface area (Å²) < 4.78 is 41.0. The van der Waals surface area contributed by atoms with Crippen LogP contribution in [0.15, 0.2) is 47.5 Å². The maximum atomic E-state index is 12.1.